The molecule has 0 spiro atoms. The summed E-state index contributed by atoms with van der Waals surface area (Å²) in [5, 5.41) is 12.1. The van der Waals surface area contributed by atoms with Crippen molar-refractivity contribution in [1.82, 2.24) is 9.62 Å². The second kappa shape index (κ2) is 6.22. The zero-order chi connectivity index (χ0) is 16.5. The largest absolute Gasteiger partial charge is 0.340 e. The average Bonchev–Trinajstić information content (AvgIpc) is 2.46. The van der Waals surface area contributed by atoms with Gasteiger partial charge in [0.05, 0.1) is 15.5 Å². The van der Waals surface area contributed by atoms with Crippen LogP contribution in [0.1, 0.15) is 12.0 Å². The van der Waals surface area contributed by atoms with Crippen LogP contribution in [0.4, 0.5) is 0 Å². The molecule has 8 heteroatoms. The summed E-state index contributed by atoms with van der Waals surface area (Å²) in [7, 11) is -0.526. The van der Waals surface area contributed by atoms with E-state index in [1.54, 1.807) is 12.1 Å². The molecule has 1 aromatic rings. The van der Waals surface area contributed by atoms with E-state index in [0.717, 1.165) is 9.87 Å². The lowest BCUT2D eigenvalue weighted by atomic mass is 9.95. The van der Waals surface area contributed by atoms with E-state index in [1.807, 2.05) is 0 Å². The molecule has 1 heterocycles. The molecule has 0 bridgehead atoms. The van der Waals surface area contributed by atoms with Crippen molar-refractivity contribution in [2.45, 2.75) is 11.3 Å². The highest BCUT2D eigenvalue weighted by Crippen LogP contribution is 2.27. The van der Waals surface area contributed by atoms with Crippen molar-refractivity contribution in [3.63, 3.8) is 0 Å². The van der Waals surface area contributed by atoms with Gasteiger partial charge in [0.25, 0.3) is 0 Å². The number of nitrogens with one attached hydrogen (secondary N) is 1. The Morgan fingerprint density at radius 2 is 1.82 bits per heavy atom. The molecule has 0 saturated carbocycles. The van der Waals surface area contributed by atoms with Crippen molar-refractivity contribution in [3.8, 4) is 6.07 Å². The van der Waals surface area contributed by atoms with E-state index >= 15 is 0 Å². The molecule has 2 rings (SSSR count). The molecule has 0 fully saturated rings. The van der Waals surface area contributed by atoms with E-state index in [2.05, 4.69) is 11.4 Å². The normalized spacial score (nSPS) is 15.7. The molecule has 0 atom stereocenters. The number of thiocarbonyl (C=S) groups is 2. The first-order valence-corrected chi connectivity index (χ1v) is 8.53. The minimum absolute atomic E-state index is 0.194. The average molecular weight is 351 g/mol. The molecule has 5 nitrogen and oxygen atoms in total. The Hall–Kier alpha value is -1.66. The van der Waals surface area contributed by atoms with E-state index in [9.17, 15) is 13.7 Å². The van der Waals surface area contributed by atoms with Gasteiger partial charge in [0, 0.05) is 20.5 Å². The van der Waals surface area contributed by atoms with Crippen LogP contribution in [-0.2, 0) is 10.0 Å². The SMILES string of the molecule is CN(C)S(=O)(=O)c1ccc(C2=C(C#N)C(=S)NC(=S)C2)cc1. The monoisotopic (exact) mass is 351 g/mol. The predicted molar refractivity (Wildman–Crippen MR) is 92.8 cm³/mol. The molecule has 1 aromatic carbocycles. The predicted octanol–water partition coefficient (Wildman–Crippen LogP) is 1.86. The van der Waals surface area contributed by atoms with Crippen molar-refractivity contribution in [2.24, 2.45) is 0 Å². The maximum Gasteiger partial charge on any atom is 0.242 e. The van der Waals surface area contributed by atoms with Crippen molar-refractivity contribution in [2.75, 3.05) is 14.1 Å². The molecule has 0 aromatic heterocycles. The first-order chi connectivity index (χ1) is 10.3. The number of rotatable bonds is 3. The van der Waals surface area contributed by atoms with Gasteiger partial charge in [-0.3, -0.25) is 0 Å². The van der Waals surface area contributed by atoms with Crippen molar-refractivity contribution in [1.29, 1.82) is 5.26 Å². The highest BCUT2D eigenvalue weighted by molar-refractivity contribution is 7.89. The molecule has 0 radical (unpaired) electrons. The highest BCUT2D eigenvalue weighted by atomic mass is 32.2. The maximum atomic E-state index is 12.1. The number of hydrogen-bond acceptors (Lipinski definition) is 5. The van der Waals surface area contributed by atoms with Crippen LogP contribution in [0.15, 0.2) is 34.7 Å². The van der Waals surface area contributed by atoms with Crippen molar-refractivity contribution >= 4 is 50.0 Å². The minimum Gasteiger partial charge on any atom is -0.340 e. The number of nitrogens with zero attached hydrogens (tertiary/aromatic N) is 2. The number of benzene rings is 1. The first-order valence-electron chi connectivity index (χ1n) is 6.27. The lowest BCUT2D eigenvalue weighted by molar-refractivity contribution is 0.521. The molecule has 114 valence electrons. The van der Waals surface area contributed by atoms with Crippen LogP contribution in [-0.4, -0.2) is 36.8 Å². The van der Waals surface area contributed by atoms with Crippen LogP contribution in [0.25, 0.3) is 5.57 Å². The summed E-state index contributed by atoms with van der Waals surface area (Å²) in [6, 6.07) is 8.44. The first kappa shape index (κ1) is 16.7. The topological polar surface area (TPSA) is 73.2 Å². The Balaban J connectivity index is 2.49. The Morgan fingerprint density at radius 1 is 1.23 bits per heavy atom. The zero-order valence-corrected chi connectivity index (χ0v) is 14.4. The van der Waals surface area contributed by atoms with Gasteiger partial charge in [-0.05, 0) is 23.3 Å². The van der Waals surface area contributed by atoms with Gasteiger partial charge in [-0.1, -0.05) is 36.6 Å². The van der Waals surface area contributed by atoms with Gasteiger partial charge in [0.1, 0.15) is 11.1 Å². The van der Waals surface area contributed by atoms with Gasteiger partial charge in [0.2, 0.25) is 10.0 Å². The highest BCUT2D eigenvalue weighted by Gasteiger charge is 2.22. The number of nitriles is 1. The lowest BCUT2D eigenvalue weighted by Gasteiger charge is -2.20. The van der Waals surface area contributed by atoms with E-state index < -0.39 is 10.0 Å². The number of hydrogen-bond donors (Lipinski definition) is 1. The summed E-state index contributed by atoms with van der Waals surface area (Å²) in [5.74, 6) is 0. The third-order valence-corrected chi connectivity index (χ3v) is 5.59. The second-order valence-electron chi connectivity index (χ2n) is 4.83. The molecule has 1 aliphatic heterocycles. The Morgan fingerprint density at radius 3 is 2.32 bits per heavy atom. The fourth-order valence-corrected chi connectivity index (χ4v) is 3.53. The lowest BCUT2D eigenvalue weighted by Crippen LogP contribution is -2.33. The summed E-state index contributed by atoms with van der Waals surface area (Å²) in [6.07, 6.45) is 0.401. The van der Waals surface area contributed by atoms with Gasteiger partial charge >= 0.3 is 0 Å². The van der Waals surface area contributed by atoms with Crippen LogP contribution in [0, 0.1) is 11.3 Å². The van der Waals surface area contributed by atoms with E-state index in [1.165, 1.54) is 26.2 Å². The Labute approximate surface area is 140 Å². The maximum absolute atomic E-state index is 12.1. The van der Waals surface area contributed by atoms with Gasteiger partial charge in [-0.25, -0.2) is 12.7 Å². The Bertz CT molecular complexity index is 816. The van der Waals surface area contributed by atoms with Crippen LogP contribution < -0.4 is 5.32 Å². The Kier molecular flexibility index (Phi) is 4.72. The van der Waals surface area contributed by atoms with Crippen LogP contribution in [0.5, 0.6) is 0 Å². The molecule has 22 heavy (non-hydrogen) atoms. The van der Waals surface area contributed by atoms with E-state index in [4.69, 9.17) is 24.4 Å². The van der Waals surface area contributed by atoms with Crippen LogP contribution in [0.3, 0.4) is 0 Å². The minimum atomic E-state index is -3.48. The summed E-state index contributed by atoms with van der Waals surface area (Å²) in [5.41, 5.74) is 1.82. The summed E-state index contributed by atoms with van der Waals surface area (Å²) < 4.78 is 25.3. The van der Waals surface area contributed by atoms with Crippen molar-refractivity contribution in [3.05, 3.63) is 35.4 Å². The molecule has 0 saturated heterocycles. The molecular weight excluding hydrogens is 338 g/mol. The van der Waals surface area contributed by atoms with E-state index in [-0.39, 0.29) is 4.90 Å². The molecule has 1 aliphatic rings. The standard InChI is InChI=1S/C14H13N3O2S3/c1-17(2)22(18,19)10-5-3-9(4-6-10)11-7-13(20)16-14(21)12(11)8-15/h3-6H,7H2,1-2H3,(H,16,20,21). The fourth-order valence-electron chi connectivity index (χ4n) is 2.02. The van der Waals surface area contributed by atoms with Crippen molar-refractivity contribution < 1.29 is 8.42 Å². The number of sulfonamides is 1. The smallest absolute Gasteiger partial charge is 0.242 e. The quantitative estimate of drug-likeness (QED) is 0.838. The van der Waals surface area contributed by atoms with Crippen LogP contribution in [0.2, 0.25) is 0 Å². The fraction of sp³-hybridized carbons (Fsp3) is 0.214. The third-order valence-electron chi connectivity index (χ3n) is 3.21. The summed E-state index contributed by atoms with van der Waals surface area (Å²) in [4.78, 5) is 1.04. The zero-order valence-electron chi connectivity index (χ0n) is 12.0. The molecule has 0 unspecified atom stereocenters. The van der Waals surface area contributed by atoms with Gasteiger partial charge in [0.15, 0.2) is 0 Å². The molecular formula is C14H13N3O2S3. The van der Waals surface area contributed by atoms with Gasteiger partial charge in [-0.15, -0.1) is 0 Å². The second-order valence-corrected chi connectivity index (χ2v) is 7.88. The van der Waals surface area contributed by atoms with Gasteiger partial charge in [-0.2, -0.15) is 5.26 Å². The van der Waals surface area contributed by atoms with Gasteiger partial charge < -0.3 is 5.32 Å². The summed E-state index contributed by atoms with van der Waals surface area (Å²) in [6.45, 7) is 0. The van der Waals surface area contributed by atoms with Crippen LogP contribution >= 0.6 is 24.4 Å². The third kappa shape index (κ3) is 3.08. The van der Waals surface area contributed by atoms with E-state index in [0.29, 0.717) is 27.5 Å². The molecule has 0 amide bonds. The summed E-state index contributed by atoms with van der Waals surface area (Å²) >= 11 is 10.3. The molecule has 0 aliphatic carbocycles. The molecule has 1 N–H and O–H groups in total.